The number of aromatic nitrogens is 1. The van der Waals surface area contributed by atoms with Gasteiger partial charge in [0.25, 0.3) is 5.91 Å². The maximum absolute atomic E-state index is 12.7. The molecule has 0 radical (unpaired) electrons. The van der Waals surface area contributed by atoms with Crippen LogP contribution in [0, 0.1) is 0 Å². The Morgan fingerprint density at radius 1 is 1.00 bits per heavy atom. The van der Waals surface area contributed by atoms with E-state index in [0.29, 0.717) is 12.0 Å². The third-order valence-corrected chi connectivity index (χ3v) is 4.87. The number of aromatic amines is 1. The van der Waals surface area contributed by atoms with E-state index in [1.807, 2.05) is 0 Å². The summed E-state index contributed by atoms with van der Waals surface area (Å²) in [5.41, 5.74) is 5.17. The molecule has 2 aromatic carbocycles. The standard InChI is InChI=1S/C22H22N4O7/c23-19(31)10-14(21(32)24-7-6-11-4-5-15(27)18(30)8-11)26-22(33)13-9-17(29)12-2-1-3-16(28)20(12)25-13/h1-5,8-9,14,27-28,30H,6-7,10H2,(H2,23,31)(H,24,32)(H,25,29)(H,26,33)/t14-/m0/s1. The molecule has 1 heterocycles. The van der Waals surface area contributed by atoms with Crippen molar-refractivity contribution < 1.29 is 29.7 Å². The summed E-state index contributed by atoms with van der Waals surface area (Å²) >= 11 is 0. The summed E-state index contributed by atoms with van der Waals surface area (Å²) in [5, 5.41) is 33.9. The van der Waals surface area contributed by atoms with E-state index in [1.54, 1.807) is 6.07 Å². The van der Waals surface area contributed by atoms with Crippen molar-refractivity contribution in [3.05, 3.63) is 63.9 Å². The smallest absolute Gasteiger partial charge is 0.268 e. The quantitative estimate of drug-likeness (QED) is 0.232. The highest BCUT2D eigenvalue weighted by Gasteiger charge is 2.24. The molecule has 3 aromatic rings. The third kappa shape index (κ3) is 5.58. The van der Waals surface area contributed by atoms with E-state index < -0.39 is 35.6 Å². The van der Waals surface area contributed by atoms with Crippen LogP contribution in [0.25, 0.3) is 10.9 Å². The molecule has 0 spiro atoms. The first-order chi connectivity index (χ1) is 15.7. The lowest BCUT2D eigenvalue weighted by molar-refractivity contribution is -0.126. The Hall–Kier alpha value is -4.54. The fourth-order valence-corrected chi connectivity index (χ4v) is 3.20. The molecule has 3 rings (SSSR count). The van der Waals surface area contributed by atoms with Gasteiger partial charge >= 0.3 is 0 Å². The topological polar surface area (TPSA) is 195 Å². The Bertz CT molecular complexity index is 1290. The Kier molecular flexibility index (Phi) is 6.82. The van der Waals surface area contributed by atoms with Gasteiger partial charge < -0.3 is 36.7 Å². The Morgan fingerprint density at radius 3 is 2.45 bits per heavy atom. The number of fused-ring (bicyclic) bond motifs is 1. The Morgan fingerprint density at radius 2 is 1.76 bits per heavy atom. The number of pyridine rings is 1. The van der Waals surface area contributed by atoms with E-state index in [9.17, 15) is 34.5 Å². The maximum Gasteiger partial charge on any atom is 0.268 e. The van der Waals surface area contributed by atoms with Gasteiger partial charge in [-0.15, -0.1) is 0 Å². The Labute approximate surface area is 186 Å². The molecule has 0 aliphatic heterocycles. The van der Waals surface area contributed by atoms with Crippen molar-refractivity contribution in [2.45, 2.75) is 18.9 Å². The van der Waals surface area contributed by atoms with Crippen LogP contribution in [0.15, 0.2) is 47.3 Å². The number of rotatable bonds is 8. The first-order valence-electron chi connectivity index (χ1n) is 9.88. The molecular formula is C22H22N4O7. The molecule has 1 atom stereocenters. The van der Waals surface area contributed by atoms with Crippen molar-refractivity contribution in [2.24, 2.45) is 5.73 Å². The fraction of sp³-hybridized carbons (Fsp3) is 0.182. The van der Waals surface area contributed by atoms with Gasteiger partial charge in [-0.1, -0.05) is 12.1 Å². The zero-order valence-corrected chi connectivity index (χ0v) is 17.3. The highest BCUT2D eigenvalue weighted by molar-refractivity contribution is 5.99. The largest absolute Gasteiger partial charge is 0.506 e. The van der Waals surface area contributed by atoms with Gasteiger partial charge in [0.15, 0.2) is 16.9 Å². The van der Waals surface area contributed by atoms with Crippen molar-refractivity contribution in [3.63, 3.8) is 0 Å². The van der Waals surface area contributed by atoms with Crippen LogP contribution in [0.4, 0.5) is 0 Å². The first kappa shape index (κ1) is 23.1. The van der Waals surface area contributed by atoms with Crippen LogP contribution in [-0.2, 0) is 16.0 Å². The fourth-order valence-electron chi connectivity index (χ4n) is 3.20. The molecule has 3 amide bonds. The van der Waals surface area contributed by atoms with E-state index in [1.165, 1.54) is 30.3 Å². The van der Waals surface area contributed by atoms with Crippen LogP contribution >= 0.6 is 0 Å². The molecule has 0 saturated heterocycles. The van der Waals surface area contributed by atoms with Gasteiger partial charge in [-0.2, -0.15) is 0 Å². The second kappa shape index (κ2) is 9.73. The highest BCUT2D eigenvalue weighted by Crippen LogP contribution is 2.25. The first-order valence-corrected chi connectivity index (χ1v) is 9.88. The molecule has 172 valence electrons. The SMILES string of the molecule is NC(=O)C[C@H](NC(=O)c1cc(=O)c2cccc(O)c2[nH]1)C(=O)NCCc1ccc(O)c(O)c1. The lowest BCUT2D eigenvalue weighted by atomic mass is 10.1. The number of aromatic hydroxyl groups is 3. The van der Waals surface area contributed by atoms with Crippen LogP contribution in [0.2, 0.25) is 0 Å². The van der Waals surface area contributed by atoms with E-state index >= 15 is 0 Å². The van der Waals surface area contributed by atoms with Gasteiger partial charge in [-0.3, -0.25) is 19.2 Å². The number of carbonyl (C=O) groups excluding carboxylic acids is 3. The highest BCUT2D eigenvalue weighted by atomic mass is 16.3. The lowest BCUT2D eigenvalue weighted by Gasteiger charge is -2.17. The average molecular weight is 454 g/mol. The zero-order chi connectivity index (χ0) is 24.1. The van der Waals surface area contributed by atoms with Crippen LogP contribution < -0.4 is 21.8 Å². The minimum Gasteiger partial charge on any atom is -0.506 e. The van der Waals surface area contributed by atoms with Crippen molar-refractivity contribution >= 4 is 28.6 Å². The number of H-pyrrole nitrogens is 1. The Balaban J connectivity index is 1.71. The summed E-state index contributed by atoms with van der Waals surface area (Å²) < 4.78 is 0. The number of nitrogens with one attached hydrogen (secondary N) is 3. The van der Waals surface area contributed by atoms with Crippen molar-refractivity contribution in [2.75, 3.05) is 6.54 Å². The van der Waals surface area contributed by atoms with E-state index in [-0.39, 0.29) is 40.4 Å². The molecular weight excluding hydrogens is 432 g/mol. The second-order valence-corrected chi connectivity index (χ2v) is 7.31. The number of phenolic OH excluding ortho intramolecular Hbond substituents is 3. The number of amides is 3. The summed E-state index contributed by atoms with van der Waals surface area (Å²) in [6.07, 6.45) is -0.186. The molecule has 11 heteroatoms. The monoisotopic (exact) mass is 454 g/mol. The van der Waals surface area contributed by atoms with Crippen molar-refractivity contribution in [1.29, 1.82) is 0 Å². The minimum atomic E-state index is -1.31. The molecule has 11 nitrogen and oxygen atoms in total. The summed E-state index contributed by atoms with van der Waals surface area (Å²) in [6.45, 7) is 0.106. The molecule has 0 bridgehead atoms. The minimum absolute atomic E-state index is 0.0585. The summed E-state index contributed by atoms with van der Waals surface area (Å²) in [6, 6.07) is 8.24. The third-order valence-electron chi connectivity index (χ3n) is 4.87. The second-order valence-electron chi connectivity index (χ2n) is 7.31. The molecule has 1 aromatic heterocycles. The average Bonchev–Trinajstić information content (AvgIpc) is 2.76. The van der Waals surface area contributed by atoms with Gasteiger partial charge in [0.05, 0.1) is 11.9 Å². The number of primary amides is 1. The number of phenols is 3. The van der Waals surface area contributed by atoms with Crippen LogP contribution in [0.1, 0.15) is 22.5 Å². The predicted octanol–water partition coefficient (Wildman–Crippen LogP) is -0.0224. The lowest BCUT2D eigenvalue weighted by Crippen LogP contribution is -2.49. The van der Waals surface area contributed by atoms with Crippen molar-refractivity contribution in [3.8, 4) is 17.2 Å². The number of benzene rings is 2. The number of carbonyl (C=O) groups is 3. The number of para-hydroxylation sites is 1. The van der Waals surface area contributed by atoms with Gasteiger partial charge in [0.2, 0.25) is 11.8 Å². The number of hydrogen-bond donors (Lipinski definition) is 7. The predicted molar refractivity (Wildman–Crippen MR) is 118 cm³/mol. The molecule has 0 saturated carbocycles. The van der Waals surface area contributed by atoms with Crippen LogP contribution in [0.3, 0.4) is 0 Å². The van der Waals surface area contributed by atoms with Crippen LogP contribution in [0.5, 0.6) is 17.2 Å². The molecule has 8 N–H and O–H groups in total. The molecule has 0 aliphatic carbocycles. The molecule has 0 fully saturated rings. The van der Waals surface area contributed by atoms with Gasteiger partial charge in [-0.05, 0) is 36.2 Å². The normalized spacial score (nSPS) is 11.6. The van der Waals surface area contributed by atoms with Gasteiger partial charge in [0.1, 0.15) is 17.5 Å². The van der Waals surface area contributed by atoms with Gasteiger partial charge in [-0.25, -0.2) is 0 Å². The van der Waals surface area contributed by atoms with Crippen molar-refractivity contribution in [1.82, 2.24) is 15.6 Å². The summed E-state index contributed by atoms with van der Waals surface area (Å²) in [5.74, 6) is -3.16. The van der Waals surface area contributed by atoms with Crippen LogP contribution in [-0.4, -0.2) is 50.6 Å². The summed E-state index contributed by atoms with van der Waals surface area (Å²) in [4.78, 5) is 51.6. The van der Waals surface area contributed by atoms with E-state index in [0.717, 1.165) is 6.07 Å². The zero-order valence-electron chi connectivity index (χ0n) is 17.3. The van der Waals surface area contributed by atoms with E-state index in [2.05, 4.69) is 15.6 Å². The van der Waals surface area contributed by atoms with E-state index in [4.69, 9.17) is 5.73 Å². The molecule has 0 aliphatic rings. The summed E-state index contributed by atoms with van der Waals surface area (Å²) in [7, 11) is 0. The number of hydrogen-bond acceptors (Lipinski definition) is 7. The molecule has 33 heavy (non-hydrogen) atoms. The molecule has 0 unspecified atom stereocenters. The maximum atomic E-state index is 12.7. The van der Waals surface area contributed by atoms with Gasteiger partial charge in [0, 0.05) is 18.0 Å². The number of nitrogens with two attached hydrogens (primary N) is 1.